The molecule has 0 spiro atoms. The van der Waals surface area contributed by atoms with Gasteiger partial charge in [-0.1, -0.05) is 41.9 Å². The molecule has 0 aliphatic carbocycles. The third-order valence-corrected chi connectivity index (χ3v) is 5.77. The largest absolute Gasteiger partial charge is 0.360 e. The molecule has 0 radical (unpaired) electrons. The number of carbonyl (C=O) groups excluding carboxylic acids is 1. The van der Waals surface area contributed by atoms with Gasteiger partial charge in [-0.25, -0.2) is 9.97 Å². The minimum absolute atomic E-state index is 0.0272. The Morgan fingerprint density at radius 1 is 0.939 bits per heavy atom. The average molecular weight is 459 g/mol. The molecule has 4 aromatic rings. The lowest BCUT2D eigenvalue weighted by molar-refractivity contribution is -0.138. The predicted molar refractivity (Wildman–Crippen MR) is 134 cm³/mol. The molecule has 0 aliphatic rings. The summed E-state index contributed by atoms with van der Waals surface area (Å²) in [5.74, 6) is -0.0272. The molecule has 0 amide bonds. The number of hydrogen-bond acceptors (Lipinski definition) is 4. The van der Waals surface area contributed by atoms with Gasteiger partial charge in [0.1, 0.15) is 12.4 Å². The van der Waals surface area contributed by atoms with Crippen LogP contribution in [-0.4, -0.2) is 21.4 Å². The van der Waals surface area contributed by atoms with E-state index in [1.54, 1.807) is 19.3 Å². The van der Waals surface area contributed by atoms with Crippen molar-refractivity contribution in [3.63, 3.8) is 0 Å². The van der Waals surface area contributed by atoms with E-state index in [9.17, 15) is 4.79 Å². The number of fused-ring (bicyclic) bond motifs is 1. The Labute approximate surface area is 199 Å². The summed E-state index contributed by atoms with van der Waals surface area (Å²) in [7, 11) is 0. The maximum Gasteiger partial charge on any atom is 0.163 e. The lowest BCUT2D eigenvalue weighted by Gasteiger charge is -2.29. The fourth-order valence-corrected chi connectivity index (χ4v) is 4.28. The van der Waals surface area contributed by atoms with E-state index in [1.165, 1.54) is 6.33 Å². The van der Waals surface area contributed by atoms with Crippen LogP contribution < -0.4 is 0 Å². The van der Waals surface area contributed by atoms with Gasteiger partial charge in [0.2, 0.25) is 0 Å². The standard InChI is InChI=1S/C28H27ClN2O2/c1-17-12-21-13-20(22-14-30-16-31-15-22)8-11-24(21)26(19-6-9-23(29)10-7-19)25(17)27(18(2)32)33-28(3,4)5/h6-16,27H,1-5H3/t27-/m1/s1. The third kappa shape index (κ3) is 4.97. The second kappa shape index (κ2) is 9.05. The first-order valence-corrected chi connectivity index (χ1v) is 11.3. The van der Waals surface area contributed by atoms with Gasteiger partial charge in [-0.15, -0.1) is 0 Å². The Bertz CT molecular complexity index is 1310. The second-order valence-corrected chi connectivity index (χ2v) is 9.71. The first-order chi connectivity index (χ1) is 15.6. The van der Waals surface area contributed by atoms with Crippen molar-refractivity contribution in [2.24, 2.45) is 0 Å². The molecule has 0 unspecified atom stereocenters. The number of ketones is 1. The van der Waals surface area contributed by atoms with E-state index in [0.29, 0.717) is 5.02 Å². The Hall–Kier alpha value is -3.08. The molecular formula is C28H27ClN2O2. The van der Waals surface area contributed by atoms with Crippen molar-refractivity contribution in [1.29, 1.82) is 0 Å². The maximum absolute atomic E-state index is 12.8. The van der Waals surface area contributed by atoms with Crippen LogP contribution in [0.25, 0.3) is 33.0 Å². The van der Waals surface area contributed by atoms with Crippen LogP contribution in [0.5, 0.6) is 0 Å². The van der Waals surface area contributed by atoms with Crippen molar-refractivity contribution >= 4 is 28.2 Å². The van der Waals surface area contributed by atoms with Crippen LogP contribution >= 0.6 is 11.6 Å². The molecule has 5 heteroatoms. The number of nitrogens with zero attached hydrogens (tertiary/aromatic N) is 2. The van der Waals surface area contributed by atoms with Gasteiger partial charge in [0.15, 0.2) is 5.78 Å². The van der Waals surface area contributed by atoms with Crippen molar-refractivity contribution in [3.8, 4) is 22.3 Å². The van der Waals surface area contributed by atoms with Crippen LogP contribution in [0.1, 0.15) is 44.9 Å². The summed E-state index contributed by atoms with van der Waals surface area (Å²) >= 11 is 6.19. The molecule has 1 aromatic heterocycles. The SMILES string of the molecule is CC(=O)[C@@H](OC(C)(C)C)c1c(C)cc2cc(-c3cncnc3)ccc2c1-c1ccc(Cl)cc1. The molecule has 33 heavy (non-hydrogen) atoms. The van der Waals surface area contributed by atoms with Crippen molar-refractivity contribution in [1.82, 2.24) is 9.97 Å². The zero-order valence-corrected chi connectivity index (χ0v) is 20.3. The second-order valence-electron chi connectivity index (χ2n) is 9.27. The smallest absolute Gasteiger partial charge is 0.163 e. The topological polar surface area (TPSA) is 52.1 Å². The molecular weight excluding hydrogens is 432 g/mol. The molecule has 3 aromatic carbocycles. The fraction of sp³-hybridized carbons (Fsp3) is 0.250. The van der Waals surface area contributed by atoms with Crippen molar-refractivity contribution in [3.05, 3.63) is 83.4 Å². The molecule has 0 aliphatic heterocycles. The van der Waals surface area contributed by atoms with E-state index < -0.39 is 11.7 Å². The Kier molecular flexibility index (Phi) is 6.33. The van der Waals surface area contributed by atoms with Crippen LogP contribution in [0, 0.1) is 6.92 Å². The Morgan fingerprint density at radius 3 is 2.18 bits per heavy atom. The summed E-state index contributed by atoms with van der Waals surface area (Å²) < 4.78 is 6.30. The maximum atomic E-state index is 12.8. The zero-order valence-electron chi connectivity index (χ0n) is 19.5. The first-order valence-electron chi connectivity index (χ1n) is 10.9. The molecule has 0 fully saturated rings. The summed E-state index contributed by atoms with van der Waals surface area (Å²) in [6, 6.07) is 16.2. The fourth-order valence-electron chi connectivity index (χ4n) is 4.15. The summed E-state index contributed by atoms with van der Waals surface area (Å²) in [5.41, 5.74) is 5.37. The number of hydrogen-bond donors (Lipinski definition) is 0. The highest BCUT2D eigenvalue weighted by Gasteiger charge is 2.29. The van der Waals surface area contributed by atoms with Gasteiger partial charge in [0.25, 0.3) is 0 Å². The minimum atomic E-state index is -0.678. The van der Waals surface area contributed by atoms with Crippen molar-refractivity contribution in [2.75, 3.05) is 0 Å². The number of rotatable bonds is 5. The summed E-state index contributed by atoms with van der Waals surface area (Å²) in [4.78, 5) is 21.1. The summed E-state index contributed by atoms with van der Waals surface area (Å²) in [5, 5.41) is 2.78. The molecule has 0 bridgehead atoms. The van der Waals surface area contributed by atoms with Crippen LogP contribution in [0.4, 0.5) is 0 Å². The van der Waals surface area contributed by atoms with Crippen molar-refractivity contribution < 1.29 is 9.53 Å². The molecule has 1 heterocycles. The van der Waals surface area contributed by atoms with E-state index >= 15 is 0 Å². The Balaban J connectivity index is 2.02. The number of carbonyl (C=O) groups is 1. The van der Waals surface area contributed by atoms with E-state index in [-0.39, 0.29) is 5.78 Å². The van der Waals surface area contributed by atoms with E-state index in [2.05, 4.69) is 34.2 Å². The zero-order chi connectivity index (χ0) is 23.8. The number of ether oxygens (including phenoxy) is 1. The van der Waals surface area contributed by atoms with Gasteiger partial charge < -0.3 is 4.74 Å². The number of aromatic nitrogens is 2. The van der Waals surface area contributed by atoms with Crippen molar-refractivity contribution in [2.45, 2.75) is 46.3 Å². The number of aryl methyl sites for hydroxylation is 1. The van der Waals surface area contributed by atoms with Crippen LogP contribution in [0.2, 0.25) is 5.02 Å². The monoisotopic (exact) mass is 458 g/mol. The number of benzene rings is 3. The molecule has 168 valence electrons. The van der Waals surface area contributed by atoms with Crippen LogP contribution in [-0.2, 0) is 9.53 Å². The minimum Gasteiger partial charge on any atom is -0.360 e. The van der Waals surface area contributed by atoms with Crippen LogP contribution in [0.3, 0.4) is 0 Å². The highest BCUT2D eigenvalue weighted by Crippen LogP contribution is 2.41. The van der Waals surface area contributed by atoms with Gasteiger partial charge in [-0.3, -0.25) is 4.79 Å². The van der Waals surface area contributed by atoms with Crippen LogP contribution in [0.15, 0.2) is 67.3 Å². The average Bonchev–Trinajstić information content (AvgIpc) is 2.77. The van der Waals surface area contributed by atoms with Gasteiger partial charge >= 0.3 is 0 Å². The number of Topliss-reactive ketones (excluding diaryl/α,β-unsaturated/α-hetero) is 1. The molecule has 0 saturated heterocycles. The van der Waals surface area contributed by atoms with E-state index in [4.69, 9.17) is 16.3 Å². The van der Waals surface area contributed by atoms with Gasteiger partial charge in [0, 0.05) is 23.0 Å². The van der Waals surface area contributed by atoms with E-state index in [0.717, 1.165) is 44.2 Å². The lowest BCUT2D eigenvalue weighted by atomic mass is 9.85. The highest BCUT2D eigenvalue weighted by molar-refractivity contribution is 6.30. The number of halogens is 1. The molecule has 0 N–H and O–H groups in total. The lowest BCUT2D eigenvalue weighted by Crippen LogP contribution is -2.27. The Morgan fingerprint density at radius 2 is 1.58 bits per heavy atom. The predicted octanol–water partition coefficient (Wildman–Crippen LogP) is 7.37. The first kappa shape index (κ1) is 23.1. The molecule has 4 nitrogen and oxygen atoms in total. The quantitative estimate of drug-likeness (QED) is 0.313. The highest BCUT2D eigenvalue weighted by atomic mass is 35.5. The third-order valence-electron chi connectivity index (χ3n) is 5.52. The summed E-state index contributed by atoms with van der Waals surface area (Å²) in [6.07, 6.45) is 4.45. The van der Waals surface area contributed by atoms with Gasteiger partial charge in [0.05, 0.1) is 5.60 Å². The molecule has 0 saturated carbocycles. The van der Waals surface area contributed by atoms with Gasteiger partial charge in [-0.2, -0.15) is 0 Å². The molecule has 4 rings (SSSR count). The van der Waals surface area contributed by atoms with Gasteiger partial charge in [-0.05, 0) is 91.4 Å². The summed E-state index contributed by atoms with van der Waals surface area (Å²) in [6.45, 7) is 9.53. The molecule has 1 atom stereocenters. The normalized spacial score (nSPS) is 12.7. The van der Waals surface area contributed by atoms with E-state index in [1.807, 2.05) is 52.0 Å².